The van der Waals surface area contributed by atoms with Crippen LogP contribution in [0.5, 0.6) is 5.75 Å². The number of ether oxygens (including phenoxy) is 1. The number of nitrogens with one attached hydrogen (secondary N) is 1. The molecule has 0 unspecified atom stereocenters. The molecule has 5 heteroatoms. The van der Waals surface area contributed by atoms with E-state index in [-0.39, 0.29) is 11.1 Å². The normalized spacial score (nSPS) is 11.7. The zero-order chi connectivity index (χ0) is 18.9. The van der Waals surface area contributed by atoms with Crippen molar-refractivity contribution < 1.29 is 14.6 Å². The van der Waals surface area contributed by atoms with Gasteiger partial charge in [0.15, 0.2) is 0 Å². The van der Waals surface area contributed by atoms with Gasteiger partial charge in [-0.15, -0.1) is 0 Å². The van der Waals surface area contributed by atoms with Gasteiger partial charge in [0, 0.05) is 34.8 Å². The van der Waals surface area contributed by atoms with Crippen LogP contribution in [-0.2, 0) is 12.8 Å². The number of aromatic nitrogens is 2. The molecule has 0 radical (unpaired) electrons. The van der Waals surface area contributed by atoms with Crippen molar-refractivity contribution in [2.45, 2.75) is 33.6 Å². The summed E-state index contributed by atoms with van der Waals surface area (Å²) in [5.41, 5.74) is 4.28. The van der Waals surface area contributed by atoms with E-state index in [1.165, 1.54) is 6.07 Å². The average molecular weight is 352 g/mol. The van der Waals surface area contributed by atoms with Gasteiger partial charge in [-0.3, -0.25) is 0 Å². The van der Waals surface area contributed by atoms with Gasteiger partial charge in [0.05, 0.1) is 7.11 Å². The Bertz CT molecular complexity index is 952. The van der Waals surface area contributed by atoms with Gasteiger partial charge >= 0.3 is 5.97 Å². The number of methoxy groups -OCH3 is 1. The van der Waals surface area contributed by atoms with Gasteiger partial charge in [0.2, 0.25) is 0 Å². The average Bonchev–Trinajstić information content (AvgIpc) is 2.89. The molecule has 0 fully saturated rings. The molecular weight excluding hydrogens is 328 g/mol. The van der Waals surface area contributed by atoms with Crippen molar-refractivity contribution in [3.05, 3.63) is 59.0 Å². The summed E-state index contributed by atoms with van der Waals surface area (Å²) in [4.78, 5) is 19.0. The number of carboxylic acid groups (broad SMARTS) is 1. The molecule has 1 aromatic carbocycles. The number of hydrogen-bond acceptors (Lipinski definition) is 3. The van der Waals surface area contributed by atoms with Gasteiger partial charge in [-0.2, -0.15) is 0 Å². The van der Waals surface area contributed by atoms with Gasteiger partial charge in [0.1, 0.15) is 11.4 Å². The molecule has 2 N–H and O–H groups in total. The van der Waals surface area contributed by atoms with Crippen LogP contribution in [0.4, 0.5) is 0 Å². The lowest BCUT2D eigenvalue weighted by molar-refractivity contribution is 0.0690. The lowest BCUT2D eigenvalue weighted by atomic mass is 9.88. The molecule has 0 saturated carbocycles. The summed E-state index contributed by atoms with van der Waals surface area (Å²) in [6.45, 7) is 6.60. The van der Waals surface area contributed by atoms with Gasteiger partial charge in [-0.25, -0.2) is 9.78 Å². The van der Waals surface area contributed by atoms with E-state index >= 15 is 0 Å². The third-order valence-electron chi connectivity index (χ3n) is 4.29. The minimum atomic E-state index is -1.01. The van der Waals surface area contributed by atoms with Crippen molar-refractivity contribution in [3.8, 4) is 5.75 Å². The number of hydrogen-bond donors (Lipinski definition) is 2. The Morgan fingerprint density at radius 2 is 2.00 bits per heavy atom. The number of benzene rings is 1. The SMILES string of the molecule is COc1ccc2c(Cc3cccc(C(=O)O)n3)c(CC(C)(C)C)[nH]c2c1. The highest BCUT2D eigenvalue weighted by Gasteiger charge is 2.19. The fourth-order valence-electron chi connectivity index (χ4n) is 3.18. The molecule has 0 spiro atoms. The molecule has 0 atom stereocenters. The molecule has 0 bridgehead atoms. The molecule has 0 aliphatic rings. The summed E-state index contributed by atoms with van der Waals surface area (Å²) in [6, 6.07) is 11.1. The zero-order valence-corrected chi connectivity index (χ0v) is 15.6. The Morgan fingerprint density at radius 3 is 2.65 bits per heavy atom. The van der Waals surface area contributed by atoms with E-state index in [9.17, 15) is 9.90 Å². The molecule has 136 valence electrons. The minimum Gasteiger partial charge on any atom is -0.497 e. The van der Waals surface area contributed by atoms with Crippen LogP contribution in [0.1, 0.15) is 48.2 Å². The molecule has 0 aliphatic carbocycles. The third-order valence-corrected chi connectivity index (χ3v) is 4.29. The Balaban J connectivity index is 2.08. The van der Waals surface area contributed by atoms with E-state index in [0.29, 0.717) is 6.42 Å². The first-order chi connectivity index (χ1) is 12.3. The van der Waals surface area contributed by atoms with Crippen LogP contribution in [0.25, 0.3) is 10.9 Å². The number of nitrogens with zero attached hydrogens (tertiary/aromatic N) is 1. The largest absolute Gasteiger partial charge is 0.497 e. The molecular formula is C21H24N2O3. The van der Waals surface area contributed by atoms with Crippen molar-refractivity contribution in [3.63, 3.8) is 0 Å². The molecule has 2 heterocycles. The van der Waals surface area contributed by atoms with Crippen LogP contribution in [0, 0.1) is 5.41 Å². The van der Waals surface area contributed by atoms with Crippen molar-refractivity contribution in [1.29, 1.82) is 0 Å². The summed E-state index contributed by atoms with van der Waals surface area (Å²) in [5, 5.41) is 10.3. The molecule has 0 amide bonds. The quantitative estimate of drug-likeness (QED) is 0.711. The number of fused-ring (bicyclic) bond motifs is 1. The number of pyridine rings is 1. The molecule has 0 saturated heterocycles. The molecule has 3 rings (SSSR count). The summed E-state index contributed by atoms with van der Waals surface area (Å²) >= 11 is 0. The van der Waals surface area contributed by atoms with Crippen molar-refractivity contribution in [2.24, 2.45) is 5.41 Å². The van der Waals surface area contributed by atoms with E-state index in [1.807, 2.05) is 24.3 Å². The van der Waals surface area contributed by atoms with Crippen LogP contribution in [0.2, 0.25) is 0 Å². The molecule has 3 aromatic rings. The second kappa shape index (κ2) is 6.83. The van der Waals surface area contributed by atoms with E-state index in [2.05, 4.69) is 30.7 Å². The minimum absolute atomic E-state index is 0.0707. The van der Waals surface area contributed by atoms with Crippen molar-refractivity contribution in [1.82, 2.24) is 9.97 Å². The number of carbonyl (C=O) groups is 1. The summed E-state index contributed by atoms with van der Waals surface area (Å²) in [5.74, 6) is -0.205. The Hall–Kier alpha value is -2.82. The standard InChI is InChI=1S/C21H24N2O3/c1-21(2,3)12-19-16(10-13-6-5-7-17(22-13)20(24)25)15-9-8-14(26-4)11-18(15)23-19/h5-9,11,23H,10,12H2,1-4H3,(H,24,25). The van der Waals surface area contributed by atoms with Gasteiger partial charge in [-0.1, -0.05) is 26.8 Å². The molecule has 5 nitrogen and oxygen atoms in total. The number of aromatic amines is 1. The van der Waals surface area contributed by atoms with Crippen LogP contribution in [0.15, 0.2) is 36.4 Å². The summed E-state index contributed by atoms with van der Waals surface area (Å²) in [7, 11) is 1.66. The van der Waals surface area contributed by atoms with E-state index in [0.717, 1.165) is 40.0 Å². The third kappa shape index (κ3) is 3.87. The first-order valence-electron chi connectivity index (χ1n) is 8.63. The predicted octanol–water partition coefficient (Wildman–Crippen LogP) is 4.45. The van der Waals surface area contributed by atoms with Gasteiger partial charge < -0.3 is 14.8 Å². The van der Waals surface area contributed by atoms with Gasteiger partial charge in [-0.05, 0) is 41.7 Å². The molecule has 26 heavy (non-hydrogen) atoms. The second-order valence-corrected chi connectivity index (χ2v) is 7.73. The topological polar surface area (TPSA) is 75.2 Å². The summed E-state index contributed by atoms with van der Waals surface area (Å²) in [6.07, 6.45) is 1.47. The smallest absolute Gasteiger partial charge is 0.354 e. The number of carboxylic acids is 1. The van der Waals surface area contributed by atoms with Crippen LogP contribution >= 0.6 is 0 Å². The number of aromatic carboxylic acids is 1. The van der Waals surface area contributed by atoms with E-state index in [1.54, 1.807) is 13.2 Å². The fraction of sp³-hybridized carbons (Fsp3) is 0.333. The van der Waals surface area contributed by atoms with Crippen LogP contribution in [0.3, 0.4) is 0 Å². The predicted molar refractivity (Wildman–Crippen MR) is 102 cm³/mol. The maximum Gasteiger partial charge on any atom is 0.354 e. The molecule has 2 aromatic heterocycles. The van der Waals surface area contributed by atoms with E-state index < -0.39 is 5.97 Å². The number of rotatable bonds is 5. The van der Waals surface area contributed by atoms with Gasteiger partial charge in [0.25, 0.3) is 0 Å². The summed E-state index contributed by atoms with van der Waals surface area (Å²) < 4.78 is 5.34. The Kier molecular flexibility index (Phi) is 4.72. The maximum absolute atomic E-state index is 11.2. The maximum atomic E-state index is 11.2. The Labute approximate surface area is 153 Å². The Morgan fingerprint density at radius 1 is 1.23 bits per heavy atom. The van der Waals surface area contributed by atoms with Crippen molar-refractivity contribution >= 4 is 16.9 Å². The highest BCUT2D eigenvalue weighted by molar-refractivity contribution is 5.87. The molecule has 0 aliphatic heterocycles. The first kappa shape index (κ1) is 18.0. The highest BCUT2D eigenvalue weighted by atomic mass is 16.5. The van der Waals surface area contributed by atoms with Crippen LogP contribution in [-0.4, -0.2) is 28.2 Å². The lowest BCUT2D eigenvalue weighted by Crippen LogP contribution is -2.11. The highest BCUT2D eigenvalue weighted by Crippen LogP contribution is 2.31. The monoisotopic (exact) mass is 352 g/mol. The fourth-order valence-corrected chi connectivity index (χ4v) is 3.18. The lowest BCUT2D eigenvalue weighted by Gasteiger charge is -2.18. The first-order valence-corrected chi connectivity index (χ1v) is 8.63. The van der Waals surface area contributed by atoms with Crippen molar-refractivity contribution in [2.75, 3.05) is 7.11 Å². The van der Waals surface area contributed by atoms with Crippen LogP contribution < -0.4 is 4.74 Å². The second-order valence-electron chi connectivity index (χ2n) is 7.73. The zero-order valence-electron chi connectivity index (χ0n) is 15.6. The van der Waals surface area contributed by atoms with E-state index in [4.69, 9.17) is 4.74 Å². The number of H-pyrrole nitrogens is 1.